The van der Waals surface area contributed by atoms with Gasteiger partial charge < -0.3 is 9.15 Å². The number of nitro benzene ring substituents is 1. The fraction of sp³-hybridized carbons (Fsp3) is 0.222. The van der Waals surface area contributed by atoms with Gasteiger partial charge in [-0.2, -0.15) is 0 Å². The summed E-state index contributed by atoms with van der Waals surface area (Å²) in [6.07, 6.45) is 1.66. The number of thiocarbonyl (C=S) groups is 1. The minimum Gasteiger partial charge on any atom is -0.457 e. The molecule has 1 amide bonds. The van der Waals surface area contributed by atoms with Crippen LogP contribution in [0.5, 0.6) is 0 Å². The van der Waals surface area contributed by atoms with Gasteiger partial charge in [0.1, 0.15) is 11.5 Å². The number of hydrazine groups is 1. The zero-order valence-corrected chi connectivity index (χ0v) is 16.2. The Labute approximate surface area is 169 Å². The van der Waals surface area contributed by atoms with Crippen molar-refractivity contribution in [2.75, 3.05) is 26.3 Å². The molecule has 0 spiro atoms. The Balaban J connectivity index is 1.52. The Morgan fingerprint density at radius 3 is 2.54 bits per heavy atom. The first-order chi connectivity index (χ1) is 13.5. The van der Waals surface area contributed by atoms with Crippen LogP contribution in [0.4, 0.5) is 5.69 Å². The van der Waals surface area contributed by atoms with E-state index in [1.165, 1.54) is 28.9 Å². The van der Waals surface area contributed by atoms with Crippen molar-refractivity contribution in [1.29, 1.82) is 0 Å². The van der Waals surface area contributed by atoms with Crippen molar-refractivity contribution in [3.05, 3.63) is 57.2 Å². The fourth-order valence-electron chi connectivity index (χ4n) is 2.92. The van der Waals surface area contributed by atoms with Crippen molar-refractivity contribution >= 4 is 46.0 Å². The molecule has 2 aromatic rings. The summed E-state index contributed by atoms with van der Waals surface area (Å²) in [5, 5.41) is 14.2. The summed E-state index contributed by atoms with van der Waals surface area (Å²) in [6.45, 7) is 2.36. The smallest absolute Gasteiger partial charge is 0.281 e. The van der Waals surface area contributed by atoms with E-state index in [4.69, 9.17) is 21.4 Å². The summed E-state index contributed by atoms with van der Waals surface area (Å²) in [5.74, 6) is 0.894. The summed E-state index contributed by atoms with van der Waals surface area (Å²) in [7, 11) is 0. The number of amides is 1. The van der Waals surface area contributed by atoms with Gasteiger partial charge in [0.05, 0.1) is 23.0 Å². The van der Waals surface area contributed by atoms with Crippen LogP contribution in [0, 0.1) is 10.1 Å². The number of benzene rings is 1. The van der Waals surface area contributed by atoms with E-state index in [1.807, 2.05) is 5.01 Å². The number of rotatable bonds is 4. The van der Waals surface area contributed by atoms with Gasteiger partial charge in [0.15, 0.2) is 4.32 Å². The molecule has 8 nitrogen and oxygen atoms in total. The summed E-state index contributed by atoms with van der Waals surface area (Å²) in [6, 6.07) is 9.60. The standard InChI is InChI=1S/C18H15N3O5S2/c22-17-16(28-18(27)20(17)19-7-9-25-10-8-19)11-14-5-6-15(26-14)12-1-3-13(4-2-12)21(23)24/h1-6,11H,7-10H2. The van der Waals surface area contributed by atoms with E-state index in [-0.39, 0.29) is 11.6 Å². The van der Waals surface area contributed by atoms with E-state index >= 15 is 0 Å². The third-order valence-electron chi connectivity index (χ3n) is 4.31. The van der Waals surface area contributed by atoms with E-state index in [9.17, 15) is 14.9 Å². The molecule has 1 aromatic carbocycles. The number of furan rings is 1. The van der Waals surface area contributed by atoms with E-state index in [1.54, 1.807) is 30.3 Å². The number of non-ortho nitro benzene ring substituents is 1. The van der Waals surface area contributed by atoms with E-state index in [2.05, 4.69) is 0 Å². The van der Waals surface area contributed by atoms with Gasteiger partial charge in [-0.05, 0) is 24.3 Å². The van der Waals surface area contributed by atoms with Crippen LogP contribution in [0.3, 0.4) is 0 Å². The molecule has 0 radical (unpaired) electrons. The first-order valence-corrected chi connectivity index (χ1v) is 9.70. The molecular formula is C18H15N3O5S2. The predicted molar refractivity (Wildman–Crippen MR) is 108 cm³/mol. The maximum Gasteiger partial charge on any atom is 0.281 e. The fourth-order valence-corrected chi connectivity index (χ4v) is 4.21. The van der Waals surface area contributed by atoms with Crippen LogP contribution in [0.25, 0.3) is 17.4 Å². The van der Waals surface area contributed by atoms with Crippen molar-refractivity contribution in [3.63, 3.8) is 0 Å². The highest BCUT2D eigenvalue weighted by Crippen LogP contribution is 2.35. The number of hydrogen-bond donors (Lipinski definition) is 0. The molecule has 0 bridgehead atoms. The number of morpholine rings is 1. The molecule has 2 saturated heterocycles. The van der Waals surface area contributed by atoms with E-state index < -0.39 is 4.92 Å². The molecule has 0 N–H and O–H groups in total. The largest absolute Gasteiger partial charge is 0.457 e. The highest BCUT2D eigenvalue weighted by Gasteiger charge is 2.37. The molecule has 28 heavy (non-hydrogen) atoms. The van der Waals surface area contributed by atoms with Crippen molar-refractivity contribution in [1.82, 2.24) is 10.0 Å². The normalized spacial score (nSPS) is 19.6. The zero-order chi connectivity index (χ0) is 19.7. The molecule has 3 heterocycles. The molecule has 0 atom stereocenters. The molecule has 2 aliphatic rings. The first kappa shape index (κ1) is 18.8. The van der Waals surface area contributed by atoms with Crippen molar-refractivity contribution in [2.45, 2.75) is 0 Å². The molecular weight excluding hydrogens is 402 g/mol. The Hall–Kier alpha value is -2.53. The Morgan fingerprint density at radius 2 is 1.86 bits per heavy atom. The van der Waals surface area contributed by atoms with E-state index in [0.717, 1.165) is 0 Å². The average Bonchev–Trinajstić information content (AvgIpc) is 3.27. The number of nitrogens with zero attached hydrogens (tertiary/aromatic N) is 3. The van der Waals surface area contributed by atoms with Gasteiger partial charge in [-0.1, -0.05) is 24.0 Å². The Morgan fingerprint density at radius 1 is 1.14 bits per heavy atom. The van der Waals surface area contributed by atoms with Gasteiger partial charge in [-0.15, -0.1) is 0 Å². The number of carbonyl (C=O) groups is 1. The highest BCUT2D eigenvalue weighted by molar-refractivity contribution is 8.26. The third kappa shape index (κ3) is 3.72. The van der Waals surface area contributed by atoms with E-state index in [0.29, 0.717) is 52.6 Å². The van der Waals surface area contributed by atoms with Crippen LogP contribution < -0.4 is 0 Å². The molecule has 10 heteroatoms. The lowest BCUT2D eigenvalue weighted by atomic mass is 10.1. The van der Waals surface area contributed by atoms with Gasteiger partial charge in [0.2, 0.25) is 0 Å². The van der Waals surface area contributed by atoms with Gasteiger partial charge in [0, 0.05) is 36.9 Å². The minimum absolute atomic E-state index is 0.0160. The van der Waals surface area contributed by atoms with Crippen LogP contribution >= 0.6 is 24.0 Å². The van der Waals surface area contributed by atoms with Crippen LogP contribution in [-0.2, 0) is 9.53 Å². The summed E-state index contributed by atoms with van der Waals surface area (Å²) < 4.78 is 11.6. The van der Waals surface area contributed by atoms with Crippen LogP contribution in [0.1, 0.15) is 5.76 Å². The number of nitro groups is 1. The number of thioether (sulfide) groups is 1. The van der Waals surface area contributed by atoms with Crippen molar-refractivity contribution < 1.29 is 18.9 Å². The number of carbonyl (C=O) groups excluding carboxylic acids is 1. The summed E-state index contributed by atoms with van der Waals surface area (Å²) >= 11 is 6.60. The SMILES string of the molecule is O=C1C(=Cc2ccc(-c3ccc([N+](=O)[O-])cc3)o2)SC(=S)N1N1CCOCC1. The maximum atomic E-state index is 12.8. The van der Waals surface area contributed by atoms with Gasteiger partial charge >= 0.3 is 0 Å². The number of ether oxygens (including phenoxy) is 1. The van der Waals surface area contributed by atoms with Crippen molar-refractivity contribution in [3.8, 4) is 11.3 Å². The van der Waals surface area contributed by atoms with Gasteiger partial charge in [0.25, 0.3) is 11.6 Å². The predicted octanol–water partition coefficient (Wildman–Crippen LogP) is 3.30. The monoisotopic (exact) mass is 417 g/mol. The second-order valence-corrected chi connectivity index (χ2v) is 7.74. The van der Waals surface area contributed by atoms with Crippen LogP contribution in [0.15, 0.2) is 45.7 Å². The lowest BCUT2D eigenvalue weighted by molar-refractivity contribution is -0.384. The molecule has 0 unspecified atom stereocenters. The molecule has 4 rings (SSSR count). The second kappa shape index (κ2) is 7.84. The van der Waals surface area contributed by atoms with Crippen LogP contribution in [0.2, 0.25) is 0 Å². The Kier molecular flexibility index (Phi) is 5.27. The molecule has 0 saturated carbocycles. The zero-order valence-electron chi connectivity index (χ0n) is 14.6. The maximum absolute atomic E-state index is 12.8. The first-order valence-electron chi connectivity index (χ1n) is 8.48. The molecule has 2 fully saturated rings. The van der Waals surface area contributed by atoms with Gasteiger partial charge in [-0.3, -0.25) is 14.9 Å². The molecule has 144 valence electrons. The van der Waals surface area contributed by atoms with Gasteiger partial charge in [-0.25, -0.2) is 10.0 Å². The lowest BCUT2D eigenvalue weighted by Crippen LogP contribution is -2.50. The second-order valence-electron chi connectivity index (χ2n) is 6.07. The molecule has 2 aliphatic heterocycles. The molecule has 0 aliphatic carbocycles. The third-order valence-corrected chi connectivity index (χ3v) is 5.59. The van der Waals surface area contributed by atoms with Crippen LogP contribution in [-0.4, -0.2) is 51.5 Å². The number of hydrogen-bond acceptors (Lipinski definition) is 8. The topological polar surface area (TPSA) is 89.1 Å². The summed E-state index contributed by atoms with van der Waals surface area (Å²) in [5.41, 5.74) is 0.730. The summed E-state index contributed by atoms with van der Waals surface area (Å²) in [4.78, 5) is 23.6. The lowest BCUT2D eigenvalue weighted by Gasteiger charge is -2.33. The highest BCUT2D eigenvalue weighted by atomic mass is 32.2. The minimum atomic E-state index is -0.451. The van der Waals surface area contributed by atoms with Crippen molar-refractivity contribution in [2.24, 2.45) is 0 Å². The Bertz CT molecular complexity index is 964. The molecule has 1 aromatic heterocycles. The average molecular weight is 417 g/mol. The quantitative estimate of drug-likeness (QED) is 0.324.